The number of nitrogens with zero attached hydrogens (tertiary/aromatic N) is 3. The van der Waals surface area contributed by atoms with Crippen molar-refractivity contribution in [3.63, 3.8) is 0 Å². The molecule has 8 aromatic carbocycles. The quantitative estimate of drug-likeness (QED) is 0.161. The summed E-state index contributed by atoms with van der Waals surface area (Å²) in [6.07, 6.45) is 3.70. The molecule has 0 atom stereocenters. The molecule has 0 bridgehead atoms. The lowest BCUT2D eigenvalue weighted by molar-refractivity contribution is 0.668. The second-order valence-electron chi connectivity index (χ2n) is 15.8. The van der Waals surface area contributed by atoms with Crippen LogP contribution in [0.15, 0.2) is 229 Å². The minimum absolute atomic E-state index is 0.806. The molecule has 4 nitrogen and oxygen atoms in total. The largest absolute Gasteiger partial charge is 0.454 e. The number of pyridine rings is 2. The van der Waals surface area contributed by atoms with Crippen LogP contribution in [0.1, 0.15) is 0 Å². The third-order valence-corrected chi connectivity index (χ3v) is 12.1. The van der Waals surface area contributed by atoms with Gasteiger partial charge in [-0.3, -0.25) is 9.97 Å². The molecule has 0 fully saturated rings. The predicted molar refractivity (Wildman–Crippen MR) is 256 cm³/mol. The number of hydrogen-bond donors (Lipinski definition) is 0. The van der Waals surface area contributed by atoms with Crippen LogP contribution in [0, 0.1) is 0 Å². The van der Waals surface area contributed by atoms with E-state index in [0.29, 0.717) is 0 Å². The standard InChI is InChI=1S/C58H37N3O/c1-2-21-50(22-3-1)61-53-27-25-48(36-51(53)57-54(61)23-9-29-59-57)46-19-7-17-44(34-46)42-15-5-13-40(32-42)38-11-4-12-39(31-38)41-14-6-16-43(33-41)45-18-8-20-47(35-45)49-26-28-55-52(37-49)58-56(62-55)24-10-30-60-58/h1-37H. The smallest absolute Gasteiger partial charge is 0.153 e. The number of furan rings is 1. The highest BCUT2D eigenvalue weighted by atomic mass is 16.3. The zero-order chi connectivity index (χ0) is 41.0. The van der Waals surface area contributed by atoms with Gasteiger partial charge in [0.05, 0.1) is 16.6 Å². The fourth-order valence-electron chi connectivity index (χ4n) is 9.04. The van der Waals surface area contributed by atoms with Crippen LogP contribution < -0.4 is 0 Å². The van der Waals surface area contributed by atoms with Gasteiger partial charge in [-0.2, -0.15) is 0 Å². The van der Waals surface area contributed by atoms with E-state index in [2.05, 4.69) is 198 Å². The van der Waals surface area contributed by atoms with Crippen LogP contribution in [0.25, 0.3) is 116 Å². The van der Waals surface area contributed by atoms with E-state index in [1.165, 1.54) is 50.1 Å². The van der Waals surface area contributed by atoms with Gasteiger partial charge in [0.2, 0.25) is 0 Å². The molecule has 0 aliphatic heterocycles. The first-order valence-electron chi connectivity index (χ1n) is 20.9. The maximum atomic E-state index is 6.04. The summed E-state index contributed by atoms with van der Waals surface area (Å²) in [5.41, 5.74) is 20.9. The van der Waals surface area contributed by atoms with Gasteiger partial charge < -0.3 is 8.98 Å². The molecule has 290 valence electrons. The third kappa shape index (κ3) is 6.25. The van der Waals surface area contributed by atoms with Crippen molar-refractivity contribution < 1.29 is 4.42 Å². The average molecular weight is 792 g/mol. The first-order chi connectivity index (χ1) is 30.7. The van der Waals surface area contributed by atoms with Crippen LogP contribution in [-0.2, 0) is 0 Å². The van der Waals surface area contributed by atoms with Gasteiger partial charge in [0.25, 0.3) is 0 Å². The van der Waals surface area contributed by atoms with E-state index in [9.17, 15) is 0 Å². The molecule has 4 aromatic heterocycles. The number of fused-ring (bicyclic) bond motifs is 6. The fourth-order valence-corrected chi connectivity index (χ4v) is 9.04. The van der Waals surface area contributed by atoms with Crippen LogP contribution in [0.4, 0.5) is 0 Å². The van der Waals surface area contributed by atoms with E-state index in [4.69, 9.17) is 9.40 Å². The van der Waals surface area contributed by atoms with Gasteiger partial charge in [-0.1, -0.05) is 121 Å². The summed E-state index contributed by atoms with van der Waals surface area (Å²) in [5, 5.41) is 2.17. The lowest BCUT2D eigenvalue weighted by Crippen LogP contribution is -1.93. The summed E-state index contributed by atoms with van der Waals surface area (Å²) in [6, 6.07) is 75.9. The molecule has 0 saturated heterocycles. The normalized spacial score (nSPS) is 11.5. The van der Waals surface area contributed by atoms with Crippen LogP contribution in [0.5, 0.6) is 0 Å². The summed E-state index contributed by atoms with van der Waals surface area (Å²) >= 11 is 0. The molecule has 0 saturated carbocycles. The Morgan fingerprint density at radius 1 is 0.290 bits per heavy atom. The number of benzene rings is 8. The summed E-state index contributed by atoms with van der Waals surface area (Å²) in [5.74, 6) is 0. The Labute approximate surface area is 358 Å². The van der Waals surface area contributed by atoms with Crippen LogP contribution in [-0.4, -0.2) is 14.5 Å². The van der Waals surface area contributed by atoms with Crippen LogP contribution in [0.2, 0.25) is 0 Å². The van der Waals surface area contributed by atoms with Crippen molar-refractivity contribution in [3.05, 3.63) is 225 Å². The highest BCUT2D eigenvalue weighted by Gasteiger charge is 2.15. The summed E-state index contributed by atoms with van der Waals surface area (Å²) in [7, 11) is 0. The van der Waals surface area contributed by atoms with Gasteiger partial charge >= 0.3 is 0 Å². The lowest BCUT2D eigenvalue weighted by Gasteiger charge is -2.11. The van der Waals surface area contributed by atoms with E-state index in [0.717, 1.165) is 66.4 Å². The Hall–Kier alpha value is -8.34. The topological polar surface area (TPSA) is 43.9 Å². The molecule has 4 heterocycles. The Morgan fingerprint density at radius 2 is 0.726 bits per heavy atom. The van der Waals surface area contributed by atoms with E-state index in [1.54, 1.807) is 0 Å². The Morgan fingerprint density at radius 3 is 1.24 bits per heavy atom. The van der Waals surface area contributed by atoms with Crippen molar-refractivity contribution in [3.8, 4) is 72.4 Å². The molecule has 4 heteroatoms. The second kappa shape index (κ2) is 14.7. The Bertz CT molecular complexity index is 3650. The van der Waals surface area contributed by atoms with Gasteiger partial charge in [0.1, 0.15) is 11.1 Å². The van der Waals surface area contributed by atoms with E-state index in [1.807, 2.05) is 36.7 Å². The van der Waals surface area contributed by atoms with Crippen molar-refractivity contribution in [2.24, 2.45) is 0 Å². The SMILES string of the molecule is c1ccc(-n2c3ccc(-c4cccc(-c5cccc(-c6cccc(-c7cccc(-c8cccc(-c9ccc%10oc%11cccnc%11c%10c9)c8)c7)c6)c5)c4)cc3c3ncccc32)cc1. The van der Waals surface area contributed by atoms with Crippen molar-refractivity contribution in [1.29, 1.82) is 0 Å². The molecule has 0 unspecified atom stereocenters. The van der Waals surface area contributed by atoms with Crippen molar-refractivity contribution in [2.45, 2.75) is 0 Å². The van der Waals surface area contributed by atoms with Crippen molar-refractivity contribution >= 4 is 44.0 Å². The van der Waals surface area contributed by atoms with E-state index >= 15 is 0 Å². The highest BCUT2D eigenvalue weighted by Crippen LogP contribution is 2.38. The molecule has 0 spiro atoms. The molecule has 0 aliphatic rings. The molecule has 12 rings (SSSR count). The lowest BCUT2D eigenvalue weighted by atomic mass is 9.93. The second-order valence-corrected chi connectivity index (χ2v) is 15.8. The van der Waals surface area contributed by atoms with Crippen molar-refractivity contribution in [1.82, 2.24) is 14.5 Å². The molecule has 12 aromatic rings. The predicted octanol–water partition coefficient (Wildman–Crippen LogP) is 15.5. The van der Waals surface area contributed by atoms with Gasteiger partial charge in [-0.15, -0.1) is 0 Å². The fraction of sp³-hybridized carbons (Fsp3) is 0. The maximum Gasteiger partial charge on any atom is 0.153 e. The molecular formula is C58H37N3O. The summed E-state index contributed by atoms with van der Waals surface area (Å²) < 4.78 is 8.34. The van der Waals surface area contributed by atoms with Gasteiger partial charge in [-0.25, -0.2) is 0 Å². The van der Waals surface area contributed by atoms with E-state index < -0.39 is 0 Å². The minimum Gasteiger partial charge on any atom is -0.454 e. The number of para-hydroxylation sites is 1. The molecule has 0 radical (unpaired) electrons. The highest BCUT2D eigenvalue weighted by molar-refractivity contribution is 6.08. The van der Waals surface area contributed by atoms with E-state index in [-0.39, 0.29) is 0 Å². The molecule has 62 heavy (non-hydrogen) atoms. The van der Waals surface area contributed by atoms with Crippen LogP contribution >= 0.6 is 0 Å². The number of hydrogen-bond acceptors (Lipinski definition) is 3. The van der Waals surface area contributed by atoms with Crippen molar-refractivity contribution in [2.75, 3.05) is 0 Å². The first-order valence-corrected chi connectivity index (χ1v) is 20.9. The first kappa shape index (κ1) is 35.6. The number of aromatic nitrogens is 3. The summed E-state index contributed by atoms with van der Waals surface area (Å²) in [6.45, 7) is 0. The third-order valence-electron chi connectivity index (χ3n) is 12.1. The van der Waals surface area contributed by atoms with Gasteiger partial charge in [-0.05, 0) is 158 Å². The Kier molecular flexibility index (Phi) is 8.46. The van der Waals surface area contributed by atoms with Crippen LogP contribution in [0.3, 0.4) is 0 Å². The minimum atomic E-state index is 0.806. The van der Waals surface area contributed by atoms with Gasteiger partial charge in [0, 0.05) is 28.9 Å². The molecular weight excluding hydrogens is 755 g/mol. The zero-order valence-corrected chi connectivity index (χ0v) is 33.6. The molecule has 0 amide bonds. The summed E-state index contributed by atoms with van der Waals surface area (Å²) in [4.78, 5) is 9.43. The maximum absolute atomic E-state index is 6.04. The monoisotopic (exact) mass is 791 g/mol. The molecule has 0 aliphatic carbocycles. The molecule has 0 N–H and O–H groups in total. The average Bonchev–Trinajstić information content (AvgIpc) is 3.90. The zero-order valence-electron chi connectivity index (χ0n) is 33.6. The number of rotatable bonds is 7. The Balaban J connectivity index is 0.839. The van der Waals surface area contributed by atoms with Gasteiger partial charge in [0.15, 0.2) is 5.58 Å².